The number of nitrogen functional groups attached to an aromatic ring is 1. The van der Waals surface area contributed by atoms with E-state index < -0.39 is 0 Å². The zero-order chi connectivity index (χ0) is 19.1. The van der Waals surface area contributed by atoms with E-state index in [1.807, 2.05) is 31.3 Å². The van der Waals surface area contributed by atoms with Gasteiger partial charge in [-0.05, 0) is 54.4 Å². The average Bonchev–Trinajstić information content (AvgIpc) is 3.21. The number of nitrogens with zero attached hydrogens (tertiary/aromatic N) is 2. The molecule has 2 aromatic carbocycles. The Morgan fingerprint density at radius 3 is 2.67 bits per heavy atom. The summed E-state index contributed by atoms with van der Waals surface area (Å²) < 4.78 is 15.0. The van der Waals surface area contributed by atoms with Gasteiger partial charge in [0.1, 0.15) is 17.2 Å². The maximum Gasteiger partial charge on any atom is 0.270 e. The first-order valence-corrected chi connectivity index (χ1v) is 9.16. The zero-order valence-electron chi connectivity index (χ0n) is 14.8. The molecule has 3 N–H and O–H groups in total. The number of imidazole rings is 1. The highest BCUT2D eigenvalue weighted by molar-refractivity contribution is 7.20. The van der Waals surface area contributed by atoms with E-state index in [9.17, 15) is 9.18 Å². The van der Waals surface area contributed by atoms with Crippen molar-refractivity contribution in [2.75, 3.05) is 12.8 Å². The molecule has 0 unspecified atom stereocenters. The molecule has 2 aromatic heterocycles. The van der Waals surface area contributed by atoms with Gasteiger partial charge in [0.05, 0.1) is 4.88 Å². The van der Waals surface area contributed by atoms with Gasteiger partial charge < -0.3 is 11.1 Å². The summed E-state index contributed by atoms with van der Waals surface area (Å²) in [5.41, 5.74) is 10.3. The summed E-state index contributed by atoms with van der Waals surface area (Å²) in [6.45, 7) is 2.01. The van der Waals surface area contributed by atoms with E-state index in [-0.39, 0.29) is 11.7 Å². The number of benzene rings is 2. The maximum absolute atomic E-state index is 13.3. The number of hydrogen-bond acceptors (Lipinski definition) is 4. The number of nitrogens with two attached hydrogens (primary N) is 1. The highest BCUT2D eigenvalue weighted by atomic mass is 32.1. The molecular weight excluding hydrogens is 363 g/mol. The molecule has 0 bridgehead atoms. The van der Waals surface area contributed by atoms with Crippen molar-refractivity contribution in [2.45, 2.75) is 6.92 Å². The third kappa shape index (κ3) is 2.96. The minimum absolute atomic E-state index is 0.254. The summed E-state index contributed by atoms with van der Waals surface area (Å²) in [5.74, 6) is -0.587. The van der Waals surface area contributed by atoms with Crippen molar-refractivity contribution >= 4 is 27.9 Å². The fourth-order valence-electron chi connectivity index (χ4n) is 3.02. The van der Waals surface area contributed by atoms with Crippen LogP contribution in [0.4, 0.5) is 10.1 Å². The van der Waals surface area contributed by atoms with E-state index >= 15 is 0 Å². The summed E-state index contributed by atoms with van der Waals surface area (Å²) in [7, 11) is 1.57. The van der Waals surface area contributed by atoms with Crippen molar-refractivity contribution in [1.82, 2.24) is 14.7 Å². The number of nitrogens with one attached hydrogen (secondary N) is 1. The molecule has 1 amide bonds. The van der Waals surface area contributed by atoms with Crippen molar-refractivity contribution in [3.8, 4) is 21.7 Å². The van der Waals surface area contributed by atoms with Crippen molar-refractivity contribution in [3.63, 3.8) is 0 Å². The molecule has 0 aliphatic carbocycles. The predicted molar refractivity (Wildman–Crippen MR) is 106 cm³/mol. The summed E-state index contributed by atoms with van der Waals surface area (Å²) in [4.78, 5) is 18.9. The molecule has 7 heteroatoms. The van der Waals surface area contributed by atoms with Crippen LogP contribution in [-0.4, -0.2) is 22.3 Å². The molecule has 0 saturated carbocycles. The van der Waals surface area contributed by atoms with Crippen LogP contribution >= 0.6 is 11.3 Å². The molecule has 0 aliphatic heterocycles. The fraction of sp³-hybridized carbons (Fsp3) is 0.100. The molecule has 0 atom stereocenters. The number of fused-ring (bicyclic) bond motifs is 1. The highest BCUT2D eigenvalue weighted by Crippen LogP contribution is 2.35. The second kappa shape index (κ2) is 6.51. The lowest BCUT2D eigenvalue weighted by Crippen LogP contribution is -2.20. The monoisotopic (exact) mass is 380 g/mol. The van der Waals surface area contributed by atoms with Crippen LogP contribution in [0.1, 0.15) is 16.1 Å². The first kappa shape index (κ1) is 17.2. The lowest BCUT2D eigenvalue weighted by molar-refractivity contribution is 0.0958. The largest absolute Gasteiger partial charge is 0.399 e. The Kier molecular flexibility index (Phi) is 4.16. The molecule has 0 fully saturated rings. The normalized spacial score (nSPS) is 11.1. The number of anilines is 1. The smallest absolute Gasteiger partial charge is 0.270 e. The number of amides is 1. The lowest BCUT2D eigenvalue weighted by Gasteiger charge is -2.05. The van der Waals surface area contributed by atoms with Gasteiger partial charge in [-0.1, -0.05) is 17.4 Å². The van der Waals surface area contributed by atoms with Crippen LogP contribution in [0.2, 0.25) is 0 Å². The van der Waals surface area contributed by atoms with E-state index in [1.165, 1.54) is 23.5 Å². The lowest BCUT2D eigenvalue weighted by atomic mass is 10.1. The minimum atomic E-state index is -0.333. The van der Waals surface area contributed by atoms with E-state index in [4.69, 9.17) is 5.73 Å². The van der Waals surface area contributed by atoms with Gasteiger partial charge in [0.2, 0.25) is 0 Å². The third-order valence-corrected chi connectivity index (χ3v) is 5.43. The predicted octanol–water partition coefficient (Wildman–Crippen LogP) is 4.12. The quantitative estimate of drug-likeness (QED) is 0.525. The minimum Gasteiger partial charge on any atom is -0.399 e. The van der Waals surface area contributed by atoms with Gasteiger partial charge in [0.25, 0.3) is 5.91 Å². The van der Waals surface area contributed by atoms with Gasteiger partial charge in [-0.15, -0.1) is 0 Å². The van der Waals surface area contributed by atoms with Crippen molar-refractivity contribution < 1.29 is 9.18 Å². The van der Waals surface area contributed by atoms with Crippen LogP contribution in [0.5, 0.6) is 0 Å². The summed E-state index contributed by atoms with van der Waals surface area (Å²) >= 11 is 1.48. The van der Waals surface area contributed by atoms with E-state index in [0.717, 1.165) is 16.0 Å². The number of hydrogen-bond donors (Lipinski definition) is 2. The SMILES string of the molecule is CNC(=O)c1c(-c2ccc(F)cc2)nc2sc(-c3cc(N)ccc3C)cn12. The number of thiazole rings is 1. The number of carbonyl (C=O) groups is 1. The second-order valence-corrected chi connectivity index (χ2v) is 7.23. The molecule has 2 heterocycles. The Morgan fingerprint density at radius 1 is 1.22 bits per heavy atom. The van der Waals surface area contributed by atoms with Gasteiger partial charge >= 0.3 is 0 Å². The Morgan fingerprint density at radius 2 is 1.96 bits per heavy atom. The van der Waals surface area contributed by atoms with Gasteiger partial charge in [0, 0.05) is 24.5 Å². The highest BCUT2D eigenvalue weighted by Gasteiger charge is 2.22. The Bertz CT molecular complexity index is 1160. The molecule has 5 nitrogen and oxygen atoms in total. The standard InChI is InChI=1S/C20H17FN4OS/c1-11-3-8-14(22)9-15(11)16-10-25-18(19(26)23-2)17(24-20(25)27-16)12-4-6-13(21)7-5-12/h3-10H,22H2,1-2H3,(H,23,26). The molecular formula is C20H17FN4OS. The molecule has 4 rings (SSSR count). The van der Waals surface area contributed by atoms with Gasteiger partial charge in [-0.3, -0.25) is 9.20 Å². The van der Waals surface area contributed by atoms with Crippen LogP contribution in [0.3, 0.4) is 0 Å². The van der Waals surface area contributed by atoms with Crippen LogP contribution < -0.4 is 11.1 Å². The average molecular weight is 380 g/mol. The number of carbonyl (C=O) groups excluding carboxylic acids is 1. The molecule has 0 saturated heterocycles. The number of aryl methyl sites for hydroxylation is 1. The summed E-state index contributed by atoms with van der Waals surface area (Å²) in [5, 5.41) is 2.66. The maximum atomic E-state index is 13.3. The Hall–Kier alpha value is -3.19. The second-order valence-electron chi connectivity index (χ2n) is 6.22. The van der Waals surface area contributed by atoms with E-state index in [2.05, 4.69) is 10.3 Å². The third-order valence-electron chi connectivity index (χ3n) is 4.41. The molecule has 0 aliphatic rings. The van der Waals surface area contributed by atoms with Crippen molar-refractivity contribution in [1.29, 1.82) is 0 Å². The van der Waals surface area contributed by atoms with Gasteiger partial charge in [-0.2, -0.15) is 0 Å². The van der Waals surface area contributed by atoms with Crippen molar-refractivity contribution in [3.05, 3.63) is 65.7 Å². The Balaban J connectivity index is 1.92. The fourth-order valence-corrected chi connectivity index (χ4v) is 4.08. The number of aromatic nitrogens is 2. The zero-order valence-corrected chi connectivity index (χ0v) is 15.6. The number of rotatable bonds is 3. The molecule has 27 heavy (non-hydrogen) atoms. The van der Waals surface area contributed by atoms with Crippen LogP contribution in [0, 0.1) is 12.7 Å². The van der Waals surface area contributed by atoms with E-state index in [0.29, 0.717) is 27.6 Å². The first-order chi connectivity index (χ1) is 13.0. The van der Waals surface area contributed by atoms with Gasteiger partial charge in [-0.25, -0.2) is 9.37 Å². The summed E-state index contributed by atoms with van der Waals surface area (Å²) in [6, 6.07) is 11.7. The molecule has 0 spiro atoms. The topological polar surface area (TPSA) is 72.4 Å². The van der Waals surface area contributed by atoms with E-state index in [1.54, 1.807) is 23.6 Å². The molecule has 0 radical (unpaired) electrons. The number of halogens is 1. The molecule has 136 valence electrons. The summed E-state index contributed by atoms with van der Waals surface area (Å²) in [6.07, 6.45) is 1.90. The van der Waals surface area contributed by atoms with Crippen LogP contribution in [0.25, 0.3) is 26.7 Å². The Labute approximate surface area is 159 Å². The van der Waals surface area contributed by atoms with Crippen molar-refractivity contribution in [2.24, 2.45) is 0 Å². The van der Waals surface area contributed by atoms with Crippen LogP contribution in [0.15, 0.2) is 48.7 Å². The van der Waals surface area contributed by atoms with Crippen LogP contribution in [-0.2, 0) is 0 Å². The van der Waals surface area contributed by atoms with Gasteiger partial charge in [0.15, 0.2) is 4.96 Å². The molecule has 4 aromatic rings. The first-order valence-electron chi connectivity index (χ1n) is 8.34.